The Bertz CT molecular complexity index is 1090. The first-order valence-electron chi connectivity index (χ1n) is 9.48. The van der Waals surface area contributed by atoms with Gasteiger partial charge in [-0.1, -0.05) is 23.5 Å². The summed E-state index contributed by atoms with van der Waals surface area (Å²) < 4.78 is 6.78. The maximum Gasteiger partial charge on any atom is 0.270 e. The number of aryl methyl sites for hydroxylation is 2. The largest absolute Gasteiger partial charge is 0.376 e. The minimum absolute atomic E-state index is 0.0625. The standard InChI is InChI=1S/C21H21N3O4S/c1-13-9-14(2)19-18(10-13)22-21(29-19)23(12-17-7-4-8-28-17)20(25)15-5-3-6-16(11-15)24(26)27/h3,5-6,9-11,17H,4,7-8,12H2,1-2H3. The Morgan fingerprint density at radius 1 is 1.34 bits per heavy atom. The first-order chi connectivity index (χ1) is 13.9. The van der Waals surface area contributed by atoms with Crippen LogP contribution in [0.1, 0.15) is 34.3 Å². The van der Waals surface area contributed by atoms with Crippen molar-refractivity contribution in [1.82, 2.24) is 4.98 Å². The Balaban J connectivity index is 1.75. The van der Waals surface area contributed by atoms with Gasteiger partial charge in [0.15, 0.2) is 5.13 Å². The lowest BCUT2D eigenvalue weighted by Crippen LogP contribution is -2.37. The quantitative estimate of drug-likeness (QED) is 0.451. The summed E-state index contributed by atoms with van der Waals surface area (Å²) in [6.07, 6.45) is 1.77. The highest BCUT2D eigenvalue weighted by atomic mass is 32.1. The number of carbonyl (C=O) groups is 1. The zero-order valence-corrected chi connectivity index (χ0v) is 17.1. The molecular formula is C21H21N3O4S. The maximum atomic E-state index is 13.4. The second kappa shape index (κ2) is 7.88. The summed E-state index contributed by atoms with van der Waals surface area (Å²) in [6, 6.07) is 9.92. The molecule has 0 bridgehead atoms. The smallest absolute Gasteiger partial charge is 0.270 e. The Kier molecular flexibility index (Phi) is 5.29. The van der Waals surface area contributed by atoms with E-state index in [0.717, 1.165) is 34.2 Å². The van der Waals surface area contributed by atoms with E-state index in [-0.39, 0.29) is 23.3 Å². The lowest BCUT2D eigenvalue weighted by Gasteiger charge is -2.23. The highest BCUT2D eigenvalue weighted by Gasteiger charge is 2.28. The van der Waals surface area contributed by atoms with Crippen LogP contribution in [-0.2, 0) is 4.74 Å². The number of hydrogen-bond acceptors (Lipinski definition) is 6. The van der Waals surface area contributed by atoms with Gasteiger partial charge in [0, 0.05) is 24.3 Å². The predicted octanol–water partition coefficient (Wildman–Crippen LogP) is 4.65. The van der Waals surface area contributed by atoms with Gasteiger partial charge in [0.2, 0.25) is 0 Å². The molecule has 3 aromatic rings. The number of ether oxygens (including phenoxy) is 1. The molecule has 1 aliphatic heterocycles. The Morgan fingerprint density at radius 2 is 2.17 bits per heavy atom. The van der Waals surface area contributed by atoms with E-state index in [2.05, 4.69) is 6.07 Å². The molecule has 7 nitrogen and oxygen atoms in total. The number of rotatable bonds is 5. The number of anilines is 1. The van der Waals surface area contributed by atoms with Gasteiger partial charge >= 0.3 is 0 Å². The van der Waals surface area contributed by atoms with Gasteiger partial charge in [0.25, 0.3) is 11.6 Å². The topological polar surface area (TPSA) is 85.6 Å². The average Bonchev–Trinajstić information content (AvgIpc) is 3.35. The average molecular weight is 411 g/mol. The molecule has 2 aromatic carbocycles. The van der Waals surface area contributed by atoms with Gasteiger partial charge in [-0.05, 0) is 49.9 Å². The molecule has 1 atom stereocenters. The van der Waals surface area contributed by atoms with E-state index in [0.29, 0.717) is 18.3 Å². The van der Waals surface area contributed by atoms with Crippen LogP contribution in [0.25, 0.3) is 10.2 Å². The van der Waals surface area contributed by atoms with E-state index in [9.17, 15) is 14.9 Å². The summed E-state index contributed by atoms with van der Waals surface area (Å²) in [5.41, 5.74) is 3.24. The summed E-state index contributed by atoms with van der Waals surface area (Å²) in [5, 5.41) is 11.7. The molecule has 1 aromatic heterocycles. The molecular weight excluding hydrogens is 390 g/mol. The molecule has 1 fully saturated rings. The molecule has 8 heteroatoms. The van der Waals surface area contributed by atoms with Crippen molar-refractivity contribution < 1.29 is 14.5 Å². The first kappa shape index (κ1) is 19.5. The summed E-state index contributed by atoms with van der Waals surface area (Å²) >= 11 is 1.46. The Hall–Kier alpha value is -2.84. The van der Waals surface area contributed by atoms with Crippen molar-refractivity contribution in [3.63, 3.8) is 0 Å². The molecule has 4 rings (SSSR count). The maximum absolute atomic E-state index is 13.4. The number of nitro benzene ring substituents is 1. The molecule has 0 N–H and O–H groups in total. The highest BCUT2D eigenvalue weighted by molar-refractivity contribution is 7.22. The van der Waals surface area contributed by atoms with Crippen LogP contribution in [-0.4, -0.2) is 35.1 Å². The van der Waals surface area contributed by atoms with Crippen molar-refractivity contribution in [2.24, 2.45) is 0 Å². The monoisotopic (exact) mass is 411 g/mol. The van der Waals surface area contributed by atoms with Gasteiger partial charge in [-0.2, -0.15) is 0 Å². The number of hydrogen-bond donors (Lipinski definition) is 0. The molecule has 0 aliphatic carbocycles. The normalized spacial score (nSPS) is 16.3. The number of nitro groups is 1. The van der Waals surface area contributed by atoms with E-state index >= 15 is 0 Å². The number of amides is 1. The summed E-state index contributed by atoms with van der Waals surface area (Å²) in [7, 11) is 0. The molecule has 2 heterocycles. The predicted molar refractivity (Wildman–Crippen MR) is 113 cm³/mol. The van der Waals surface area contributed by atoms with Crippen molar-refractivity contribution in [2.75, 3.05) is 18.1 Å². The van der Waals surface area contributed by atoms with Crippen LogP contribution in [0.3, 0.4) is 0 Å². The van der Waals surface area contributed by atoms with Crippen LogP contribution in [0.15, 0.2) is 36.4 Å². The van der Waals surface area contributed by atoms with Crippen LogP contribution < -0.4 is 4.90 Å². The van der Waals surface area contributed by atoms with Crippen molar-refractivity contribution in [3.8, 4) is 0 Å². The van der Waals surface area contributed by atoms with Crippen LogP contribution in [0.4, 0.5) is 10.8 Å². The fourth-order valence-electron chi connectivity index (χ4n) is 3.63. The van der Waals surface area contributed by atoms with Crippen molar-refractivity contribution in [2.45, 2.75) is 32.8 Å². The van der Waals surface area contributed by atoms with Crippen LogP contribution in [0.5, 0.6) is 0 Å². The molecule has 1 saturated heterocycles. The summed E-state index contributed by atoms with van der Waals surface area (Å²) in [5.74, 6) is -0.308. The van der Waals surface area contributed by atoms with E-state index in [1.54, 1.807) is 11.0 Å². The van der Waals surface area contributed by atoms with Gasteiger partial charge < -0.3 is 4.74 Å². The SMILES string of the molecule is Cc1cc(C)c2sc(N(CC3CCCO3)C(=O)c3cccc([N+](=O)[O-])c3)nc2c1. The third kappa shape index (κ3) is 3.99. The number of non-ortho nitro benzene ring substituents is 1. The van der Waals surface area contributed by atoms with Gasteiger partial charge in [0.05, 0.1) is 27.8 Å². The molecule has 0 saturated carbocycles. The number of nitrogens with zero attached hydrogens (tertiary/aromatic N) is 3. The fourth-order valence-corrected chi connectivity index (χ4v) is 4.65. The third-order valence-corrected chi connectivity index (χ3v) is 6.23. The molecule has 29 heavy (non-hydrogen) atoms. The van der Waals surface area contributed by atoms with Gasteiger partial charge in [-0.15, -0.1) is 0 Å². The second-order valence-electron chi connectivity index (χ2n) is 7.28. The number of thiazole rings is 1. The molecule has 1 amide bonds. The number of aromatic nitrogens is 1. The van der Waals surface area contributed by atoms with Gasteiger partial charge in [0.1, 0.15) is 0 Å². The van der Waals surface area contributed by atoms with Crippen LogP contribution in [0.2, 0.25) is 0 Å². The fraction of sp³-hybridized carbons (Fsp3) is 0.333. The van der Waals surface area contributed by atoms with E-state index in [1.807, 2.05) is 19.9 Å². The van der Waals surface area contributed by atoms with E-state index in [1.165, 1.54) is 29.5 Å². The minimum Gasteiger partial charge on any atom is -0.376 e. The number of carbonyl (C=O) groups excluding carboxylic acids is 1. The lowest BCUT2D eigenvalue weighted by atomic mass is 10.1. The lowest BCUT2D eigenvalue weighted by molar-refractivity contribution is -0.384. The van der Waals surface area contributed by atoms with Crippen molar-refractivity contribution in [1.29, 1.82) is 0 Å². The zero-order chi connectivity index (χ0) is 20.5. The van der Waals surface area contributed by atoms with Gasteiger partial charge in [-0.3, -0.25) is 19.8 Å². The Morgan fingerprint density at radius 3 is 2.90 bits per heavy atom. The number of fused-ring (bicyclic) bond motifs is 1. The van der Waals surface area contributed by atoms with Crippen molar-refractivity contribution in [3.05, 3.63) is 63.2 Å². The molecule has 150 valence electrons. The summed E-state index contributed by atoms with van der Waals surface area (Å²) in [4.78, 5) is 30.3. The summed E-state index contributed by atoms with van der Waals surface area (Å²) in [6.45, 7) is 5.11. The zero-order valence-electron chi connectivity index (χ0n) is 16.3. The van der Waals surface area contributed by atoms with E-state index in [4.69, 9.17) is 9.72 Å². The minimum atomic E-state index is -0.495. The van der Waals surface area contributed by atoms with Gasteiger partial charge in [-0.25, -0.2) is 4.98 Å². The molecule has 0 spiro atoms. The first-order valence-corrected chi connectivity index (χ1v) is 10.3. The molecule has 1 aliphatic rings. The van der Waals surface area contributed by atoms with Crippen LogP contribution in [0, 0.1) is 24.0 Å². The third-order valence-electron chi connectivity index (χ3n) is 5.00. The molecule has 0 radical (unpaired) electrons. The molecule has 1 unspecified atom stereocenters. The van der Waals surface area contributed by atoms with E-state index < -0.39 is 4.92 Å². The number of benzene rings is 2. The van der Waals surface area contributed by atoms with Crippen LogP contribution >= 0.6 is 11.3 Å². The highest BCUT2D eigenvalue weighted by Crippen LogP contribution is 2.33. The second-order valence-corrected chi connectivity index (χ2v) is 8.26. The Labute approximate surface area is 172 Å². The van der Waals surface area contributed by atoms with Crippen molar-refractivity contribution >= 4 is 38.3 Å².